The van der Waals surface area contributed by atoms with Crippen LogP contribution in [0.3, 0.4) is 0 Å². The minimum atomic E-state index is -0.502. The monoisotopic (exact) mass is 821 g/mol. The van der Waals surface area contributed by atoms with Gasteiger partial charge in [-0.25, -0.2) is 0 Å². The largest absolute Gasteiger partial charge is 0.310 e. The molecule has 308 valence electrons. The first-order chi connectivity index (χ1) is 31.7. The van der Waals surface area contributed by atoms with Crippen molar-refractivity contribution in [3.05, 3.63) is 256 Å². The second kappa shape index (κ2) is 14.8. The van der Waals surface area contributed by atoms with Gasteiger partial charge in [0, 0.05) is 28.1 Å². The van der Waals surface area contributed by atoms with Crippen molar-refractivity contribution >= 4 is 38.6 Å². The Kier molecular flexibility index (Phi) is 8.70. The number of rotatable bonds is 6. The maximum atomic E-state index is 2.59. The highest BCUT2D eigenvalue weighted by Gasteiger charge is 2.50. The minimum Gasteiger partial charge on any atom is -0.310 e. The molecule has 1 heteroatoms. The van der Waals surface area contributed by atoms with Crippen molar-refractivity contribution in [1.82, 2.24) is 0 Å². The van der Waals surface area contributed by atoms with E-state index in [2.05, 4.69) is 211 Å². The molecule has 1 unspecified atom stereocenters. The van der Waals surface area contributed by atoms with Gasteiger partial charge in [0.25, 0.3) is 0 Å². The van der Waals surface area contributed by atoms with Crippen LogP contribution in [0.4, 0.5) is 17.1 Å². The number of allylic oxidation sites excluding steroid dienone is 8. The molecule has 0 saturated heterocycles. The summed E-state index contributed by atoms with van der Waals surface area (Å²) >= 11 is 0. The van der Waals surface area contributed by atoms with Crippen molar-refractivity contribution in [2.45, 2.75) is 62.7 Å². The van der Waals surface area contributed by atoms with E-state index in [4.69, 9.17) is 0 Å². The third-order valence-electron chi connectivity index (χ3n) is 15.8. The van der Waals surface area contributed by atoms with Crippen LogP contribution in [0, 0.1) is 5.41 Å². The molecule has 1 fully saturated rings. The van der Waals surface area contributed by atoms with Crippen molar-refractivity contribution in [1.29, 1.82) is 0 Å². The van der Waals surface area contributed by atoms with Crippen LogP contribution < -0.4 is 4.90 Å². The fourth-order valence-electron chi connectivity index (χ4n) is 13.2. The number of fused-ring (bicyclic) bond motifs is 9. The van der Waals surface area contributed by atoms with Crippen LogP contribution >= 0.6 is 0 Å². The normalized spacial score (nSPS) is 18.9. The molecule has 0 N–H and O–H groups in total. The standard InChI is InChI=1S/C63H51N/c1-4-22-45(23-5-1)63(46-24-6-2-7-25-46)58-35-15-13-29-52(58)54-37-36-48(42-59(54)63)64(60-41-44-20-8-9-27-49(44)51-28-10-11-31-55(51)60)47-26-18-21-43(40-47)50-32-19-33-56-53-30-12-14-34-57(53)62(61(50)56)38-16-3-17-39-62/h1-2,4-13,15,18-31,33,35-37,40-42,50H,3,14,16-17,32,34,38-39H2. The van der Waals surface area contributed by atoms with Gasteiger partial charge in [-0.2, -0.15) is 0 Å². The molecule has 0 heterocycles. The van der Waals surface area contributed by atoms with E-state index in [0.717, 1.165) is 12.1 Å². The summed E-state index contributed by atoms with van der Waals surface area (Å²) in [4.78, 5) is 2.59. The first-order valence-electron chi connectivity index (χ1n) is 23.7. The van der Waals surface area contributed by atoms with Crippen molar-refractivity contribution in [3.63, 3.8) is 0 Å². The average Bonchev–Trinajstić information content (AvgIpc) is 3.82. The average molecular weight is 822 g/mol. The van der Waals surface area contributed by atoms with Crippen molar-refractivity contribution in [2.24, 2.45) is 5.41 Å². The highest BCUT2D eigenvalue weighted by molar-refractivity contribution is 6.14. The Labute approximate surface area is 377 Å². The molecule has 1 saturated carbocycles. The highest BCUT2D eigenvalue weighted by Crippen LogP contribution is 2.64. The van der Waals surface area contributed by atoms with Gasteiger partial charge in [-0.15, -0.1) is 0 Å². The molecule has 1 nitrogen and oxygen atoms in total. The third kappa shape index (κ3) is 5.43. The molecular weight excluding hydrogens is 771 g/mol. The fourth-order valence-corrected chi connectivity index (χ4v) is 13.2. The predicted octanol–water partition coefficient (Wildman–Crippen LogP) is 16.8. The molecule has 5 aliphatic rings. The van der Waals surface area contributed by atoms with E-state index in [9.17, 15) is 0 Å². The lowest BCUT2D eigenvalue weighted by Gasteiger charge is -2.43. The molecule has 8 aromatic rings. The molecule has 0 bridgehead atoms. The summed E-state index contributed by atoms with van der Waals surface area (Å²) in [6.45, 7) is 0. The maximum Gasteiger partial charge on any atom is 0.0714 e. The molecular formula is C63H51N. The van der Waals surface area contributed by atoms with Gasteiger partial charge < -0.3 is 4.90 Å². The summed E-state index contributed by atoms with van der Waals surface area (Å²) in [6.07, 6.45) is 19.9. The lowest BCUT2D eigenvalue weighted by Crippen LogP contribution is -2.30. The Morgan fingerprint density at radius 1 is 0.484 bits per heavy atom. The van der Waals surface area contributed by atoms with Crippen LogP contribution in [0.1, 0.15) is 85.1 Å². The first kappa shape index (κ1) is 37.6. The zero-order chi connectivity index (χ0) is 42.2. The molecule has 13 rings (SSSR count). The van der Waals surface area contributed by atoms with Gasteiger partial charge in [-0.1, -0.05) is 201 Å². The fraction of sp³-hybridized carbons (Fsp3) is 0.175. The van der Waals surface area contributed by atoms with Gasteiger partial charge in [-0.05, 0) is 134 Å². The summed E-state index contributed by atoms with van der Waals surface area (Å²) < 4.78 is 0. The van der Waals surface area contributed by atoms with E-state index < -0.39 is 5.41 Å². The number of hydrogen-bond donors (Lipinski definition) is 0. The zero-order valence-corrected chi connectivity index (χ0v) is 36.3. The first-order valence-corrected chi connectivity index (χ1v) is 23.7. The van der Waals surface area contributed by atoms with E-state index in [0.29, 0.717) is 5.92 Å². The van der Waals surface area contributed by atoms with Gasteiger partial charge in [0.15, 0.2) is 0 Å². The molecule has 1 spiro atoms. The van der Waals surface area contributed by atoms with Crippen LogP contribution in [0.2, 0.25) is 0 Å². The Morgan fingerprint density at radius 2 is 1.16 bits per heavy atom. The third-order valence-corrected chi connectivity index (χ3v) is 15.8. The highest BCUT2D eigenvalue weighted by atomic mass is 15.1. The Hall–Kier alpha value is -6.96. The van der Waals surface area contributed by atoms with Gasteiger partial charge in [0.1, 0.15) is 0 Å². The van der Waals surface area contributed by atoms with Crippen LogP contribution in [-0.2, 0) is 5.41 Å². The summed E-state index contributed by atoms with van der Waals surface area (Å²) in [7, 11) is 0. The topological polar surface area (TPSA) is 3.24 Å². The Morgan fingerprint density at radius 3 is 1.97 bits per heavy atom. The lowest BCUT2D eigenvalue weighted by atomic mass is 9.60. The Bertz CT molecular complexity index is 3240. The van der Waals surface area contributed by atoms with Gasteiger partial charge in [-0.3, -0.25) is 0 Å². The van der Waals surface area contributed by atoms with Crippen molar-refractivity contribution < 1.29 is 0 Å². The maximum absolute atomic E-state index is 2.59. The predicted molar refractivity (Wildman–Crippen MR) is 268 cm³/mol. The van der Waals surface area contributed by atoms with E-state index in [1.54, 1.807) is 16.7 Å². The van der Waals surface area contributed by atoms with Gasteiger partial charge in [0.05, 0.1) is 11.1 Å². The smallest absolute Gasteiger partial charge is 0.0714 e. The van der Waals surface area contributed by atoms with E-state index in [1.807, 2.05) is 0 Å². The van der Waals surface area contributed by atoms with Crippen LogP contribution in [0.5, 0.6) is 0 Å². The number of hydrogen-bond acceptors (Lipinski definition) is 1. The second-order valence-electron chi connectivity index (χ2n) is 18.8. The molecule has 1 atom stereocenters. The van der Waals surface area contributed by atoms with Gasteiger partial charge in [0.2, 0.25) is 0 Å². The summed E-state index contributed by atoms with van der Waals surface area (Å²) in [5.41, 5.74) is 19.0. The van der Waals surface area contributed by atoms with Crippen LogP contribution in [0.15, 0.2) is 229 Å². The lowest BCUT2D eigenvalue weighted by molar-refractivity contribution is 0.273. The molecule has 0 radical (unpaired) electrons. The summed E-state index contributed by atoms with van der Waals surface area (Å²) in [5.74, 6) is 0.338. The SMILES string of the molecule is C1=CC2=C(CC1)C1(CCCCC1)C1=C2C=CCC1c1cccc(N(c2ccc3c(c2)C(c2ccccc2)(c2ccccc2)c2ccccc2-3)c2cc3ccccc3c3ccccc23)c1. The van der Waals surface area contributed by atoms with E-state index >= 15 is 0 Å². The molecule has 0 aliphatic heterocycles. The minimum absolute atomic E-state index is 0.195. The van der Waals surface area contributed by atoms with Crippen molar-refractivity contribution in [3.8, 4) is 11.1 Å². The number of nitrogens with zero attached hydrogens (tertiary/aromatic N) is 1. The quantitative estimate of drug-likeness (QED) is 0.151. The molecule has 64 heavy (non-hydrogen) atoms. The van der Waals surface area contributed by atoms with Gasteiger partial charge >= 0.3 is 0 Å². The van der Waals surface area contributed by atoms with Crippen LogP contribution in [0.25, 0.3) is 32.7 Å². The number of benzene rings is 8. The summed E-state index contributed by atoms with van der Waals surface area (Å²) in [5, 5.41) is 5.05. The van der Waals surface area contributed by atoms with Crippen molar-refractivity contribution in [2.75, 3.05) is 4.90 Å². The molecule has 0 aromatic heterocycles. The van der Waals surface area contributed by atoms with Crippen LogP contribution in [-0.4, -0.2) is 0 Å². The van der Waals surface area contributed by atoms with E-state index in [1.165, 1.54) is 122 Å². The molecule has 5 aliphatic carbocycles. The molecule has 0 amide bonds. The number of anilines is 3. The summed E-state index contributed by atoms with van der Waals surface area (Å²) in [6, 6.07) is 69.0. The second-order valence-corrected chi connectivity index (χ2v) is 18.8. The Balaban J connectivity index is 1.05. The molecule has 8 aromatic carbocycles. The zero-order valence-electron chi connectivity index (χ0n) is 36.3. The van der Waals surface area contributed by atoms with E-state index in [-0.39, 0.29) is 5.41 Å².